The van der Waals surface area contributed by atoms with Crippen LogP contribution in [0.25, 0.3) is 11.4 Å². The van der Waals surface area contributed by atoms with Gasteiger partial charge in [0.2, 0.25) is 5.95 Å². The Bertz CT molecular complexity index is 1480. The van der Waals surface area contributed by atoms with Crippen molar-refractivity contribution < 1.29 is 19.0 Å². The Hall–Kier alpha value is -4.79. The molecule has 3 aromatic carbocycles. The Morgan fingerprint density at radius 3 is 2.27 bits per heavy atom. The average Bonchev–Trinajstić information content (AvgIpc) is 3.36. The Kier molecular flexibility index (Phi) is 6.51. The monoisotopic (exact) mass is 497 g/mol. The highest BCUT2D eigenvalue weighted by Crippen LogP contribution is 2.39. The number of amides is 1. The normalized spacial score (nSPS) is 14.4. The number of allylic oxidation sites excluding steroid dienone is 1. The minimum atomic E-state index is -0.548. The third-order valence-electron chi connectivity index (χ3n) is 6.23. The van der Waals surface area contributed by atoms with E-state index in [0.717, 1.165) is 11.1 Å². The molecule has 0 aliphatic carbocycles. The molecule has 5 rings (SSSR count). The lowest BCUT2D eigenvalue weighted by Gasteiger charge is -2.29. The van der Waals surface area contributed by atoms with Crippen molar-refractivity contribution in [2.75, 3.05) is 32.0 Å². The molecule has 1 aliphatic heterocycles. The third kappa shape index (κ3) is 4.47. The predicted molar refractivity (Wildman–Crippen MR) is 141 cm³/mol. The maximum Gasteiger partial charge on any atom is 0.255 e. The number of hydrogen-bond donors (Lipinski definition) is 2. The van der Waals surface area contributed by atoms with E-state index >= 15 is 0 Å². The minimum Gasteiger partial charge on any atom is -0.497 e. The molecule has 1 aromatic heterocycles. The maximum atomic E-state index is 13.8. The first kappa shape index (κ1) is 23.9. The fourth-order valence-corrected chi connectivity index (χ4v) is 4.42. The molecule has 9 nitrogen and oxygen atoms in total. The van der Waals surface area contributed by atoms with Crippen LogP contribution in [0.4, 0.5) is 11.6 Å². The number of nitrogens with zero attached hydrogens (tertiary/aromatic N) is 3. The molecule has 2 N–H and O–H groups in total. The number of aromatic nitrogens is 3. The lowest BCUT2D eigenvalue weighted by atomic mass is 9.95. The summed E-state index contributed by atoms with van der Waals surface area (Å²) in [5.74, 6) is 2.66. The number of anilines is 2. The quantitative estimate of drug-likeness (QED) is 0.375. The zero-order chi connectivity index (χ0) is 25.9. The molecule has 1 amide bonds. The standard InChI is InChI=1S/C28H27N5O4/c1-17-24(27(34)30-21-10-6-8-12-23(21)37-4)25(18-13-15-19(35-2)16-14-18)33-28(29-17)31-26(32-33)20-9-5-7-11-22(20)36-3/h5-16,25H,1-4H3,(H,30,34)(H,29,31,32). The van der Waals surface area contributed by atoms with Crippen LogP contribution in [0.1, 0.15) is 18.5 Å². The molecule has 0 bridgehead atoms. The second-order valence-corrected chi connectivity index (χ2v) is 8.40. The highest BCUT2D eigenvalue weighted by atomic mass is 16.5. The SMILES string of the molecule is COc1ccc(C2C(C(=O)Nc3ccccc3OC)=C(C)Nc3nc(-c4ccccc4OC)nn32)cc1. The number of carbonyl (C=O) groups excluding carboxylic acids is 1. The summed E-state index contributed by atoms with van der Waals surface area (Å²) in [6, 6.07) is 21.9. The van der Waals surface area contributed by atoms with Gasteiger partial charge in [-0.05, 0) is 48.9 Å². The van der Waals surface area contributed by atoms with Gasteiger partial charge >= 0.3 is 0 Å². The van der Waals surface area contributed by atoms with Crippen LogP contribution in [-0.4, -0.2) is 42.0 Å². The first-order chi connectivity index (χ1) is 18.0. The van der Waals surface area contributed by atoms with Crippen molar-refractivity contribution in [2.45, 2.75) is 13.0 Å². The molecule has 188 valence electrons. The van der Waals surface area contributed by atoms with E-state index in [9.17, 15) is 4.79 Å². The first-order valence-electron chi connectivity index (χ1n) is 11.7. The molecule has 0 saturated heterocycles. The Balaban J connectivity index is 1.61. The number of hydrogen-bond acceptors (Lipinski definition) is 7. The summed E-state index contributed by atoms with van der Waals surface area (Å²) < 4.78 is 18.0. The number of methoxy groups -OCH3 is 3. The molecule has 0 radical (unpaired) electrons. The van der Waals surface area contributed by atoms with Crippen LogP contribution in [0.5, 0.6) is 17.2 Å². The Morgan fingerprint density at radius 1 is 0.892 bits per heavy atom. The fourth-order valence-electron chi connectivity index (χ4n) is 4.42. The summed E-state index contributed by atoms with van der Waals surface area (Å²) >= 11 is 0. The highest BCUT2D eigenvalue weighted by Gasteiger charge is 2.35. The summed E-state index contributed by atoms with van der Waals surface area (Å²) in [6.45, 7) is 1.86. The fraction of sp³-hybridized carbons (Fsp3) is 0.179. The van der Waals surface area contributed by atoms with Crippen molar-refractivity contribution in [1.29, 1.82) is 0 Å². The predicted octanol–water partition coefficient (Wildman–Crippen LogP) is 4.90. The van der Waals surface area contributed by atoms with Gasteiger partial charge in [-0.1, -0.05) is 36.4 Å². The largest absolute Gasteiger partial charge is 0.497 e. The van der Waals surface area contributed by atoms with Crippen molar-refractivity contribution in [3.8, 4) is 28.6 Å². The van der Waals surface area contributed by atoms with Crippen molar-refractivity contribution in [3.05, 3.63) is 89.6 Å². The second kappa shape index (κ2) is 10.1. The van der Waals surface area contributed by atoms with E-state index in [1.807, 2.05) is 67.6 Å². The van der Waals surface area contributed by atoms with Gasteiger partial charge in [0.25, 0.3) is 5.91 Å². The highest BCUT2D eigenvalue weighted by molar-refractivity contribution is 6.06. The van der Waals surface area contributed by atoms with Gasteiger partial charge in [0, 0.05) is 5.70 Å². The van der Waals surface area contributed by atoms with Crippen LogP contribution in [0.2, 0.25) is 0 Å². The van der Waals surface area contributed by atoms with Crippen LogP contribution in [0, 0.1) is 0 Å². The van der Waals surface area contributed by atoms with Crippen LogP contribution in [0.15, 0.2) is 84.1 Å². The van der Waals surface area contributed by atoms with Gasteiger partial charge in [0.15, 0.2) is 5.82 Å². The van der Waals surface area contributed by atoms with Crippen LogP contribution < -0.4 is 24.8 Å². The maximum absolute atomic E-state index is 13.8. The molecule has 2 heterocycles. The van der Waals surface area contributed by atoms with E-state index in [1.165, 1.54) is 0 Å². The molecule has 0 spiro atoms. The van der Waals surface area contributed by atoms with Gasteiger partial charge in [-0.2, -0.15) is 4.98 Å². The van der Waals surface area contributed by atoms with E-state index in [-0.39, 0.29) is 5.91 Å². The topological polar surface area (TPSA) is 99.5 Å². The molecular formula is C28H27N5O4. The molecule has 37 heavy (non-hydrogen) atoms. The molecular weight excluding hydrogens is 470 g/mol. The lowest BCUT2D eigenvalue weighted by molar-refractivity contribution is -0.113. The van der Waals surface area contributed by atoms with Gasteiger partial charge in [-0.3, -0.25) is 4.79 Å². The number of fused-ring (bicyclic) bond motifs is 1. The molecule has 9 heteroatoms. The molecule has 0 saturated carbocycles. The first-order valence-corrected chi connectivity index (χ1v) is 11.7. The molecule has 1 atom stereocenters. The van der Waals surface area contributed by atoms with E-state index in [0.29, 0.717) is 46.0 Å². The zero-order valence-electron chi connectivity index (χ0n) is 21.0. The van der Waals surface area contributed by atoms with E-state index in [4.69, 9.17) is 24.3 Å². The van der Waals surface area contributed by atoms with Gasteiger partial charge in [0.05, 0.1) is 38.2 Å². The Morgan fingerprint density at radius 2 is 1.57 bits per heavy atom. The third-order valence-corrected chi connectivity index (χ3v) is 6.23. The average molecular weight is 498 g/mol. The minimum absolute atomic E-state index is 0.282. The second-order valence-electron chi connectivity index (χ2n) is 8.40. The summed E-state index contributed by atoms with van der Waals surface area (Å²) in [5, 5.41) is 11.1. The van der Waals surface area contributed by atoms with E-state index in [2.05, 4.69) is 10.6 Å². The van der Waals surface area contributed by atoms with Gasteiger partial charge in [0.1, 0.15) is 23.3 Å². The molecule has 1 unspecified atom stereocenters. The molecule has 1 aliphatic rings. The zero-order valence-corrected chi connectivity index (χ0v) is 21.0. The smallest absolute Gasteiger partial charge is 0.255 e. The summed E-state index contributed by atoms with van der Waals surface area (Å²) in [5.41, 5.74) is 3.34. The number of para-hydroxylation sites is 3. The van der Waals surface area contributed by atoms with Crippen molar-refractivity contribution in [2.24, 2.45) is 0 Å². The van der Waals surface area contributed by atoms with E-state index in [1.54, 1.807) is 38.1 Å². The van der Waals surface area contributed by atoms with Crippen molar-refractivity contribution in [3.63, 3.8) is 0 Å². The van der Waals surface area contributed by atoms with Gasteiger partial charge in [-0.15, -0.1) is 5.10 Å². The van der Waals surface area contributed by atoms with Crippen LogP contribution >= 0.6 is 0 Å². The number of carbonyl (C=O) groups is 1. The van der Waals surface area contributed by atoms with E-state index < -0.39 is 6.04 Å². The number of ether oxygens (including phenoxy) is 3. The van der Waals surface area contributed by atoms with Gasteiger partial charge in [-0.25, -0.2) is 4.68 Å². The van der Waals surface area contributed by atoms with Crippen LogP contribution in [-0.2, 0) is 4.79 Å². The van der Waals surface area contributed by atoms with Crippen molar-refractivity contribution in [1.82, 2.24) is 14.8 Å². The summed E-state index contributed by atoms with van der Waals surface area (Å²) in [7, 11) is 4.79. The summed E-state index contributed by atoms with van der Waals surface area (Å²) in [4.78, 5) is 18.5. The summed E-state index contributed by atoms with van der Waals surface area (Å²) in [6.07, 6.45) is 0. The number of rotatable bonds is 7. The van der Waals surface area contributed by atoms with Gasteiger partial charge < -0.3 is 24.8 Å². The number of benzene rings is 3. The molecule has 4 aromatic rings. The van der Waals surface area contributed by atoms with Crippen molar-refractivity contribution >= 4 is 17.5 Å². The molecule has 0 fully saturated rings. The number of nitrogens with one attached hydrogen (secondary N) is 2. The Labute approximate surface area is 214 Å². The van der Waals surface area contributed by atoms with Crippen LogP contribution in [0.3, 0.4) is 0 Å². The lowest BCUT2D eigenvalue weighted by Crippen LogP contribution is -2.31.